The van der Waals surface area contributed by atoms with Crippen molar-refractivity contribution < 1.29 is 9.59 Å². The summed E-state index contributed by atoms with van der Waals surface area (Å²) in [5.41, 5.74) is 2.91. The summed E-state index contributed by atoms with van der Waals surface area (Å²) in [7, 11) is 0. The number of carbonyl (C=O) groups excluding carboxylic acids is 2. The van der Waals surface area contributed by atoms with Crippen LogP contribution in [0.1, 0.15) is 17.4 Å². The third-order valence-electron chi connectivity index (χ3n) is 3.80. The predicted octanol–water partition coefficient (Wildman–Crippen LogP) is 2.41. The number of nitrogens with one attached hydrogen (secondary N) is 2. The van der Waals surface area contributed by atoms with E-state index in [0.29, 0.717) is 18.8 Å². The summed E-state index contributed by atoms with van der Waals surface area (Å²) in [6, 6.07) is 21.0. The van der Waals surface area contributed by atoms with Gasteiger partial charge in [-0.2, -0.15) is 5.10 Å². The average Bonchev–Trinajstić information content (AvgIpc) is 3.12. The van der Waals surface area contributed by atoms with Crippen molar-refractivity contribution in [3.05, 3.63) is 72.4 Å². The lowest BCUT2D eigenvalue weighted by atomic mass is 10.1. The van der Waals surface area contributed by atoms with E-state index in [1.807, 2.05) is 60.7 Å². The molecule has 6 nitrogen and oxygen atoms in total. The Balaban J connectivity index is 1.88. The minimum Gasteiger partial charge on any atom is -0.355 e. The van der Waals surface area contributed by atoms with Crippen LogP contribution in [-0.4, -0.2) is 34.7 Å². The van der Waals surface area contributed by atoms with E-state index in [2.05, 4.69) is 15.7 Å². The standard InChI is InChI=1S/C20H20N4O2/c1-15(25)21-12-13-22-20(26)19-14-18(16-8-4-2-5-9-16)23-24(19)17-10-6-3-7-11-17/h2-11,14H,12-13H2,1H3,(H,21,25)(H,22,26). The van der Waals surface area contributed by atoms with E-state index in [1.54, 1.807) is 10.7 Å². The highest BCUT2D eigenvalue weighted by Crippen LogP contribution is 2.21. The molecule has 2 N–H and O–H groups in total. The summed E-state index contributed by atoms with van der Waals surface area (Å²) in [6.45, 7) is 2.17. The zero-order chi connectivity index (χ0) is 18.4. The maximum Gasteiger partial charge on any atom is 0.270 e. The molecular weight excluding hydrogens is 328 g/mol. The van der Waals surface area contributed by atoms with Gasteiger partial charge in [-0.3, -0.25) is 9.59 Å². The first kappa shape index (κ1) is 17.4. The van der Waals surface area contributed by atoms with Crippen molar-refractivity contribution in [2.24, 2.45) is 0 Å². The van der Waals surface area contributed by atoms with Crippen molar-refractivity contribution in [2.45, 2.75) is 6.92 Å². The summed E-state index contributed by atoms with van der Waals surface area (Å²) in [4.78, 5) is 23.6. The van der Waals surface area contributed by atoms with Crippen LogP contribution in [0.4, 0.5) is 0 Å². The van der Waals surface area contributed by atoms with Crippen molar-refractivity contribution >= 4 is 11.8 Å². The highest BCUT2D eigenvalue weighted by Gasteiger charge is 2.17. The summed E-state index contributed by atoms with van der Waals surface area (Å²) in [5.74, 6) is -0.367. The molecule has 2 aromatic carbocycles. The van der Waals surface area contributed by atoms with Crippen molar-refractivity contribution in [2.75, 3.05) is 13.1 Å². The van der Waals surface area contributed by atoms with Crippen LogP contribution in [-0.2, 0) is 4.79 Å². The van der Waals surface area contributed by atoms with Gasteiger partial charge in [0.1, 0.15) is 5.69 Å². The first-order valence-corrected chi connectivity index (χ1v) is 8.38. The number of amides is 2. The molecule has 0 bridgehead atoms. The highest BCUT2D eigenvalue weighted by atomic mass is 16.2. The molecule has 0 aliphatic rings. The highest BCUT2D eigenvalue weighted by molar-refractivity contribution is 5.94. The molecule has 26 heavy (non-hydrogen) atoms. The Morgan fingerprint density at radius 2 is 1.54 bits per heavy atom. The Morgan fingerprint density at radius 3 is 2.19 bits per heavy atom. The summed E-state index contributed by atoms with van der Waals surface area (Å²) in [6.07, 6.45) is 0. The topological polar surface area (TPSA) is 76.0 Å². The van der Waals surface area contributed by atoms with Gasteiger partial charge in [0.15, 0.2) is 0 Å². The molecule has 0 saturated heterocycles. The monoisotopic (exact) mass is 348 g/mol. The number of rotatable bonds is 6. The van der Waals surface area contributed by atoms with Crippen molar-refractivity contribution in [1.82, 2.24) is 20.4 Å². The van der Waals surface area contributed by atoms with Crippen molar-refractivity contribution in [3.8, 4) is 16.9 Å². The Labute approximate surface area is 151 Å². The summed E-state index contributed by atoms with van der Waals surface area (Å²) < 4.78 is 1.63. The molecular formula is C20H20N4O2. The molecule has 3 aromatic rings. The van der Waals surface area contributed by atoms with Gasteiger partial charge >= 0.3 is 0 Å². The maximum absolute atomic E-state index is 12.6. The van der Waals surface area contributed by atoms with Crippen LogP contribution in [0.3, 0.4) is 0 Å². The molecule has 0 aliphatic carbocycles. The van der Waals surface area contributed by atoms with Gasteiger partial charge in [-0.05, 0) is 18.2 Å². The zero-order valence-corrected chi connectivity index (χ0v) is 14.5. The molecule has 132 valence electrons. The number of hydrogen-bond acceptors (Lipinski definition) is 3. The van der Waals surface area contributed by atoms with E-state index in [4.69, 9.17) is 0 Å². The van der Waals surface area contributed by atoms with Gasteiger partial charge in [-0.1, -0.05) is 48.5 Å². The van der Waals surface area contributed by atoms with Crippen LogP contribution < -0.4 is 10.6 Å². The number of hydrogen-bond donors (Lipinski definition) is 2. The fourth-order valence-electron chi connectivity index (χ4n) is 2.56. The van der Waals surface area contributed by atoms with Gasteiger partial charge in [0.05, 0.1) is 11.4 Å². The SMILES string of the molecule is CC(=O)NCCNC(=O)c1cc(-c2ccccc2)nn1-c1ccccc1. The smallest absolute Gasteiger partial charge is 0.270 e. The van der Waals surface area contributed by atoms with Crippen LogP contribution in [0.5, 0.6) is 0 Å². The number of aromatic nitrogens is 2. The molecule has 3 rings (SSSR count). The Bertz CT molecular complexity index is 889. The second-order valence-corrected chi connectivity index (χ2v) is 5.77. The molecule has 6 heteroatoms. The van der Waals surface area contributed by atoms with Crippen LogP contribution >= 0.6 is 0 Å². The average molecular weight is 348 g/mol. The molecule has 0 spiro atoms. The first-order valence-electron chi connectivity index (χ1n) is 8.38. The van der Waals surface area contributed by atoms with E-state index in [9.17, 15) is 9.59 Å². The van der Waals surface area contributed by atoms with E-state index in [1.165, 1.54) is 6.92 Å². The quantitative estimate of drug-likeness (QED) is 0.672. The maximum atomic E-state index is 12.6. The minimum atomic E-state index is -0.242. The summed E-state index contributed by atoms with van der Waals surface area (Å²) >= 11 is 0. The fourth-order valence-corrected chi connectivity index (χ4v) is 2.56. The third-order valence-corrected chi connectivity index (χ3v) is 3.80. The largest absolute Gasteiger partial charge is 0.355 e. The molecule has 0 radical (unpaired) electrons. The lowest BCUT2D eigenvalue weighted by molar-refractivity contribution is -0.118. The van der Waals surface area contributed by atoms with E-state index in [-0.39, 0.29) is 11.8 Å². The normalized spacial score (nSPS) is 10.3. The van der Waals surface area contributed by atoms with Crippen LogP contribution in [0, 0.1) is 0 Å². The molecule has 0 fully saturated rings. The molecule has 1 heterocycles. The van der Waals surface area contributed by atoms with Crippen LogP contribution in [0.2, 0.25) is 0 Å². The second-order valence-electron chi connectivity index (χ2n) is 5.77. The minimum absolute atomic E-state index is 0.125. The number of para-hydroxylation sites is 1. The predicted molar refractivity (Wildman–Crippen MR) is 100 cm³/mol. The van der Waals surface area contributed by atoms with E-state index in [0.717, 1.165) is 16.9 Å². The van der Waals surface area contributed by atoms with E-state index < -0.39 is 0 Å². The lowest BCUT2D eigenvalue weighted by Crippen LogP contribution is -2.34. The van der Waals surface area contributed by atoms with Crippen molar-refractivity contribution in [3.63, 3.8) is 0 Å². The Hall–Kier alpha value is -3.41. The number of carbonyl (C=O) groups is 2. The molecule has 2 amide bonds. The van der Waals surface area contributed by atoms with Gasteiger partial charge in [-0.15, -0.1) is 0 Å². The number of benzene rings is 2. The van der Waals surface area contributed by atoms with E-state index >= 15 is 0 Å². The van der Waals surface area contributed by atoms with Crippen molar-refractivity contribution in [1.29, 1.82) is 0 Å². The zero-order valence-electron chi connectivity index (χ0n) is 14.5. The van der Waals surface area contributed by atoms with Gasteiger partial charge in [0.2, 0.25) is 5.91 Å². The Kier molecular flexibility index (Phi) is 5.43. The molecule has 1 aromatic heterocycles. The van der Waals surface area contributed by atoms with Crippen LogP contribution in [0.25, 0.3) is 16.9 Å². The Morgan fingerprint density at radius 1 is 0.923 bits per heavy atom. The molecule has 0 atom stereocenters. The third kappa shape index (κ3) is 4.16. The lowest BCUT2D eigenvalue weighted by Gasteiger charge is -2.08. The van der Waals surface area contributed by atoms with Gasteiger partial charge in [0.25, 0.3) is 5.91 Å². The summed E-state index contributed by atoms with van der Waals surface area (Å²) in [5, 5.41) is 10.1. The first-order chi connectivity index (χ1) is 12.6. The molecule has 0 aliphatic heterocycles. The second kappa shape index (κ2) is 8.11. The molecule has 0 unspecified atom stereocenters. The molecule has 0 saturated carbocycles. The van der Waals surface area contributed by atoms with Gasteiger partial charge in [-0.25, -0.2) is 4.68 Å². The van der Waals surface area contributed by atoms with Gasteiger partial charge < -0.3 is 10.6 Å². The fraction of sp³-hybridized carbons (Fsp3) is 0.150. The number of nitrogens with zero attached hydrogens (tertiary/aromatic N) is 2. The van der Waals surface area contributed by atoms with Crippen LogP contribution in [0.15, 0.2) is 66.7 Å². The van der Waals surface area contributed by atoms with Gasteiger partial charge in [0, 0.05) is 25.6 Å².